The second-order valence-corrected chi connectivity index (χ2v) is 4.79. The summed E-state index contributed by atoms with van der Waals surface area (Å²) in [5.74, 6) is -1.72. The highest BCUT2D eigenvalue weighted by molar-refractivity contribution is 6.01. The highest BCUT2D eigenvalue weighted by Crippen LogP contribution is 2.25. The van der Waals surface area contributed by atoms with E-state index in [1.54, 1.807) is 6.07 Å². The number of hydrogen-bond acceptors (Lipinski definition) is 5. The van der Waals surface area contributed by atoms with Crippen LogP contribution in [0.1, 0.15) is 10.5 Å². The normalized spacial score (nSPS) is 10.7. The molecule has 0 atom stereocenters. The van der Waals surface area contributed by atoms with Crippen LogP contribution in [-0.2, 0) is 9.53 Å². The maximum absolute atomic E-state index is 12.4. The molecule has 0 aliphatic carbocycles. The third kappa shape index (κ3) is 3.64. The molecular weight excluding hydrogens is 306 g/mol. The number of carboxylic acids is 1. The number of nitrogens with zero attached hydrogens (tertiary/aromatic N) is 2. The Morgan fingerprint density at radius 1 is 1.43 bits per heavy atom. The van der Waals surface area contributed by atoms with Gasteiger partial charge in [0.2, 0.25) is 0 Å². The molecule has 23 heavy (non-hydrogen) atoms. The number of ether oxygens (including phenoxy) is 1. The summed E-state index contributed by atoms with van der Waals surface area (Å²) < 4.78 is 4.86. The molecule has 0 spiro atoms. The third-order valence-electron chi connectivity index (χ3n) is 3.24. The number of benzene rings is 1. The lowest BCUT2D eigenvalue weighted by molar-refractivity contribution is -0.383. The number of carbonyl (C=O) groups is 2. The number of amides is 1. The number of rotatable bonds is 7. The Kier molecular flexibility index (Phi) is 4.91. The van der Waals surface area contributed by atoms with E-state index in [0.29, 0.717) is 5.39 Å². The first kappa shape index (κ1) is 16.4. The van der Waals surface area contributed by atoms with Gasteiger partial charge in [0.15, 0.2) is 0 Å². The van der Waals surface area contributed by atoms with Crippen LogP contribution in [-0.4, -0.2) is 58.6 Å². The number of para-hydroxylation sites is 1. The van der Waals surface area contributed by atoms with Gasteiger partial charge in [-0.2, -0.15) is 0 Å². The van der Waals surface area contributed by atoms with E-state index < -0.39 is 23.3 Å². The van der Waals surface area contributed by atoms with Crippen molar-refractivity contribution >= 4 is 28.5 Å². The van der Waals surface area contributed by atoms with E-state index in [-0.39, 0.29) is 30.0 Å². The second-order valence-electron chi connectivity index (χ2n) is 4.79. The number of carboxylic acid groups (broad SMARTS) is 1. The zero-order valence-electron chi connectivity index (χ0n) is 12.3. The van der Waals surface area contributed by atoms with E-state index in [1.165, 1.54) is 25.3 Å². The van der Waals surface area contributed by atoms with Gasteiger partial charge in [0, 0.05) is 25.1 Å². The van der Waals surface area contributed by atoms with Gasteiger partial charge in [-0.05, 0) is 6.07 Å². The van der Waals surface area contributed by atoms with Crippen LogP contribution in [0.5, 0.6) is 0 Å². The fraction of sp³-hybridized carbons (Fsp3) is 0.286. The number of nitro groups is 1. The summed E-state index contributed by atoms with van der Waals surface area (Å²) in [5.41, 5.74) is 0.165. The number of fused-ring (bicyclic) bond motifs is 1. The summed E-state index contributed by atoms with van der Waals surface area (Å²) in [4.78, 5) is 37.6. The number of nitrogens with one attached hydrogen (secondary N) is 1. The molecule has 2 aromatic rings. The number of non-ortho nitro benzene ring substituents is 1. The standard InChI is InChI=1S/C14H15N3O6/c1-23-6-5-16(8-12(18)19)14(20)10-7-9-3-2-4-11(17(21)22)13(9)15-10/h2-4,7,15H,5-6,8H2,1H3,(H,18,19). The lowest BCUT2D eigenvalue weighted by Crippen LogP contribution is -2.38. The fourth-order valence-corrected chi connectivity index (χ4v) is 2.20. The van der Waals surface area contributed by atoms with E-state index in [2.05, 4.69) is 4.98 Å². The molecular formula is C14H15N3O6. The molecule has 1 aromatic heterocycles. The molecule has 0 unspecified atom stereocenters. The largest absolute Gasteiger partial charge is 0.480 e. The Balaban J connectivity index is 2.36. The monoisotopic (exact) mass is 321 g/mol. The van der Waals surface area contributed by atoms with Gasteiger partial charge in [-0.3, -0.25) is 19.7 Å². The van der Waals surface area contributed by atoms with Crippen molar-refractivity contribution in [3.63, 3.8) is 0 Å². The summed E-state index contributed by atoms with van der Waals surface area (Å²) in [6, 6.07) is 5.94. The number of hydrogen-bond donors (Lipinski definition) is 2. The second kappa shape index (κ2) is 6.88. The lowest BCUT2D eigenvalue weighted by Gasteiger charge is -2.19. The minimum Gasteiger partial charge on any atom is -0.480 e. The van der Waals surface area contributed by atoms with Crippen LogP contribution in [0.2, 0.25) is 0 Å². The number of carbonyl (C=O) groups excluding carboxylic acids is 1. The summed E-state index contributed by atoms with van der Waals surface area (Å²) in [5, 5.41) is 20.4. The summed E-state index contributed by atoms with van der Waals surface area (Å²) in [6.45, 7) is -0.210. The molecule has 0 saturated heterocycles. The maximum atomic E-state index is 12.4. The van der Waals surface area contributed by atoms with Crippen LogP contribution in [0.15, 0.2) is 24.3 Å². The molecule has 0 bridgehead atoms. The van der Waals surface area contributed by atoms with Gasteiger partial charge in [0.25, 0.3) is 11.6 Å². The average Bonchev–Trinajstić information content (AvgIpc) is 2.93. The molecule has 9 heteroatoms. The number of nitro benzene ring substituents is 1. The molecule has 2 rings (SSSR count). The van der Waals surface area contributed by atoms with Crippen LogP contribution >= 0.6 is 0 Å². The summed E-state index contributed by atoms with van der Waals surface area (Å²) in [6.07, 6.45) is 0. The molecule has 0 aliphatic heterocycles. The number of aromatic nitrogens is 1. The number of aliphatic carboxylic acids is 1. The van der Waals surface area contributed by atoms with Crippen molar-refractivity contribution < 1.29 is 24.4 Å². The molecule has 1 heterocycles. The van der Waals surface area contributed by atoms with Gasteiger partial charge < -0.3 is 19.7 Å². The maximum Gasteiger partial charge on any atom is 0.323 e. The van der Waals surface area contributed by atoms with Crippen LogP contribution < -0.4 is 0 Å². The lowest BCUT2D eigenvalue weighted by atomic mass is 10.2. The Morgan fingerprint density at radius 2 is 2.17 bits per heavy atom. The Hall–Kier alpha value is -2.94. The molecule has 9 nitrogen and oxygen atoms in total. The molecule has 1 aromatic carbocycles. The summed E-state index contributed by atoms with van der Waals surface area (Å²) in [7, 11) is 1.44. The molecule has 1 amide bonds. The van der Waals surface area contributed by atoms with Gasteiger partial charge in [-0.1, -0.05) is 12.1 Å². The van der Waals surface area contributed by atoms with Gasteiger partial charge in [0.1, 0.15) is 17.8 Å². The van der Waals surface area contributed by atoms with Crippen LogP contribution in [0.4, 0.5) is 5.69 Å². The molecule has 0 radical (unpaired) electrons. The van der Waals surface area contributed by atoms with Gasteiger partial charge in [-0.25, -0.2) is 0 Å². The average molecular weight is 321 g/mol. The van der Waals surface area contributed by atoms with Crippen LogP contribution in [0.25, 0.3) is 10.9 Å². The third-order valence-corrected chi connectivity index (χ3v) is 3.24. The van der Waals surface area contributed by atoms with Crippen molar-refractivity contribution in [1.82, 2.24) is 9.88 Å². The van der Waals surface area contributed by atoms with Crippen molar-refractivity contribution in [3.05, 3.63) is 40.1 Å². The number of methoxy groups -OCH3 is 1. The van der Waals surface area contributed by atoms with Crippen molar-refractivity contribution in [2.45, 2.75) is 0 Å². The zero-order valence-corrected chi connectivity index (χ0v) is 12.3. The predicted molar refractivity (Wildman–Crippen MR) is 80.4 cm³/mol. The molecule has 0 saturated carbocycles. The topological polar surface area (TPSA) is 126 Å². The van der Waals surface area contributed by atoms with Gasteiger partial charge in [-0.15, -0.1) is 0 Å². The van der Waals surface area contributed by atoms with Gasteiger partial charge >= 0.3 is 5.97 Å². The first-order valence-corrected chi connectivity index (χ1v) is 6.70. The predicted octanol–water partition coefficient (Wildman–Crippen LogP) is 1.25. The number of aromatic amines is 1. The zero-order chi connectivity index (χ0) is 17.0. The Bertz CT molecular complexity index is 754. The van der Waals surface area contributed by atoms with Crippen molar-refractivity contribution in [2.24, 2.45) is 0 Å². The molecule has 2 N–H and O–H groups in total. The van der Waals surface area contributed by atoms with E-state index in [9.17, 15) is 19.7 Å². The van der Waals surface area contributed by atoms with E-state index in [0.717, 1.165) is 4.90 Å². The Labute approximate surface area is 130 Å². The van der Waals surface area contributed by atoms with E-state index in [1.807, 2.05) is 0 Å². The highest BCUT2D eigenvalue weighted by Gasteiger charge is 2.22. The molecule has 122 valence electrons. The van der Waals surface area contributed by atoms with E-state index >= 15 is 0 Å². The minimum atomic E-state index is -1.16. The van der Waals surface area contributed by atoms with Crippen molar-refractivity contribution in [1.29, 1.82) is 0 Å². The van der Waals surface area contributed by atoms with Gasteiger partial charge in [0.05, 0.1) is 11.5 Å². The molecule has 0 aliphatic rings. The Morgan fingerprint density at radius 3 is 2.78 bits per heavy atom. The quantitative estimate of drug-likeness (QED) is 0.584. The highest BCUT2D eigenvalue weighted by atomic mass is 16.6. The van der Waals surface area contributed by atoms with Crippen molar-refractivity contribution in [2.75, 3.05) is 26.8 Å². The summed E-state index contributed by atoms with van der Waals surface area (Å²) >= 11 is 0. The van der Waals surface area contributed by atoms with Crippen LogP contribution in [0.3, 0.4) is 0 Å². The first-order chi connectivity index (χ1) is 10.9. The smallest absolute Gasteiger partial charge is 0.323 e. The minimum absolute atomic E-state index is 0.0895. The fourth-order valence-electron chi connectivity index (χ4n) is 2.20. The number of H-pyrrole nitrogens is 1. The van der Waals surface area contributed by atoms with Crippen LogP contribution in [0, 0.1) is 10.1 Å². The molecule has 0 fully saturated rings. The van der Waals surface area contributed by atoms with E-state index in [4.69, 9.17) is 9.84 Å². The van der Waals surface area contributed by atoms with Crippen molar-refractivity contribution in [3.8, 4) is 0 Å². The first-order valence-electron chi connectivity index (χ1n) is 6.70. The SMILES string of the molecule is COCCN(CC(=O)O)C(=O)c1cc2cccc([N+](=O)[O-])c2[nH]1.